The van der Waals surface area contributed by atoms with Gasteiger partial charge >= 0.3 is 11.3 Å². The lowest BCUT2D eigenvalue weighted by atomic mass is 10.2. The Bertz CT molecular complexity index is 819. The third kappa shape index (κ3) is 4.07. The van der Waals surface area contributed by atoms with Gasteiger partial charge in [0.05, 0.1) is 5.30 Å². The van der Waals surface area contributed by atoms with Crippen molar-refractivity contribution in [2.75, 3.05) is 6.66 Å². The molecule has 10 heteroatoms. The summed E-state index contributed by atoms with van der Waals surface area (Å²) in [5, 5.41) is 2.66. The molecule has 0 amide bonds. The molecular formula is C15H16ClF3N3O2P. The van der Waals surface area contributed by atoms with E-state index in [9.17, 15) is 17.7 Å². The fourth-order valence-electron chi connectivity index (χ4n) is 2.92. The van der Waals surface area contributed by atoms with E-state index in [1.54, 1.807) is 0 Å². The average molecular weight is 394 g/mol. The maximum Gasteiger partial charge on any atom is 0.400 e. The molecule has 3 rings (SSSR count). The smallest absolute Gasteiger partial charge is 0.331 e. The van der Waals surface area contributed by atoms with Crippen LogP contribution in [0, 0.1) is 5.82 Å². The highest BCUT2D eigenvalue weighted by Crippen LogP contribution is 2.40. The third-order valence-electron chi connectivity index (χ3n) is 4.12. The minimum absolute atomic E-state index is 0.0505. The van der Waals surface area contributed by atoms with Gasteiger partial charge in [0.25, 0.3) is 0 Å². The van der Waals surface area contributed by atoms with E-state index in [1.165, 1.54) is 18.8 Å². The quantitative estimate of drug-likeness (QED) is 0.608. The molecule has 1 aromatic carbocycles. The SMILES string of the molecule is CP(=O)(NC1CCCC1)c1ccc(-c2noc(C(F)(F)Cl)n2)cc1F. The first kappa shape index (κ1) is 18.4. The van der Waals surface area contributed by atoms with Crippen molar-refractivity contribution < 1.29 is 22.3 Å². The second-order valence-corrected chi connectivity index (χ2v) is 9.18. The molecule has 2 aromatic rings. The van der Waals surface area contributed by atoms with Crippen molar-refractivity contribution >= 4 is 24.2 Å². The first-order chi connectivity index (χ1) is 11.7. The lowest BCUT2D eigenvalue weighted by Crippen LogP contribution is -2.28. The van der Waals surface area contributed by atoms with E-state index in [1.807, 2.05) is 0 Å². The largest absolute Gasteiger partial charge is 0.400 e. The summed E-state index contributed by atoms with van der Waals surface area (Å²) in [5.74, 6) is -2.02. The third-order valence-corrected chi connectivity index (χ3v) is 6.42. The highest BCUT2D eigenvalue weighted by atomic mass is 35.5. The maximum atomic E-state index is 14.5. The Kier molecular flexibility index (Phi) is 4.97. The van der Waals surface area contributed by atoms with E-state index < -0.39 is 24.4 Å². The van der Waals surface area contributed by atoms with Gasteiger partial charge in [0, 0.05) is 18.3 Å². The van der Waals surface area contributed by atoms with Crippen molar-refractivity contribution in [3.63, 3.8) is 0 Å². The number of hydrogen-bond acceptors (Lipinski definition) is 4. The fourth-order valence-corrected chi connectivity index (χ4v) is 4.92. The summed E-state index contributed by atoms with van der Waals surface area (Å²) < 4.78 is 57.6. The zero-order valence-electron chi connectivity index (χ0n) is 13.3. The molecule has 1 N–H and O–H groups in total. The van der Waals surface area contributed by atoms with Gasteiger partial charge in [0.1, 0.15) is 5.82 Å². The second-order valence-electron chi connectivity index (χ2n) is 6.12. The molecule has 0 spiro atoms. The van der Waals surface area contributed by atoms with E-state index in [0.29, 0.717) is 0 Å². The molecule has 1 unspecified atom stereocenters. The molecule has 0 bridgehead atoms. The molecule has 1 aromatic heterocycles. The topological polar surface area (TPSA) is 68.0 Å². The van der Waals surface area contributed by atoms with Crippen LogP contribution in [0.4, 0.5) is 13.2 Å². The molecule has 5 nitrogen and oxygen atoms in total. The predicted octanol–water partition coefficient (Wildman–Crippen LogP) is 4.23. The Morgan fingerprint density at radius 1 is 1.36 bits per heavy atom. The highest BCUT2D eigenvalue weighted by Gasteiger charge is 2.36. The van der Waals surface area contributed by atoms with Gasteiger partial charge in [-0.05, 0) is 36.6 Å². The van der Waals surface area contributed by atoms with Crippen molar-refractivity contribution in [1.82, 2.24) is 15.2 Å². The molecule has 0 radical (unpaired) electrons. The number of aromatic nitrogens is 2. The Labute approximate surface area is 147 Å². The molecule has 1 aliphatic carbocycles. The molecule has 0 aliphatic heterocycles. The first-order valence-electron chi connectivity index (χ1n) is 7.73. The van der Waals surface area contributed by atoms with Gasteiger partial charge < -0.3 is 9.09 Å². The molecule has 1 aliphatic rings. The zero-order chi connectivity index (χ0) is 18.2. The van der Waals surface area contributed by atoms with E-state index in [2.05, 4.69) is 19.8 Å². The minimum Gasteiger partial charge on any atom is -0.331 e. The molecule has 1 atom stereocenters. The summed E-state index contributed by atoms with van der Waals surface area (Å²) in [4.78, 5) is 3.46. The van der Waals surface area contributed by atoms with Crippen molar-refractivity contribution in [2.45, 2.75) is 37.1 Å². The van der Waals surface area contributed by atoms with Crippen molar-refractivity contribution in [3.05, 3.63) is 29.9 Å². The molecule has 136 valence electrons. The Morgan fingerprint density at radius 3 is 2.60 bits per heavy atom. The van der Waals surface area contributed by atoms with E-state index in [4.69, 9.17) is 11.6 Å². The van der Waals surface area contributed by atoms with Gasteiger partial charge in [-0.3, -0.25) is 5.09 Å². The van der Waals surface area contributed by atoms with E-state index >= 15 is 0 Å². The van der Waals surface area contributed by atoms with Crippen LogP contribution in [0.3, 0.4) is 0 Å². The molecule has 25 heavy (non-hydrogen) atoms. The standard InChI is InChI=1S/C15H16ClF3N3O2P/c1-25(23,22-10-4-2-3-5-10)12-7-6-9(8-11(12)17)13-20-14(24-21-13)15(16,18)19/h6-8,10H,2-5H2,1H3,(H,22,23). The van der Waals surface area contributed by atoms with Crippen LogP contribution in [0.25, 0.3) is 11.4 Å². The lowest BCUT2D eigenvalue weighted by molar-refractivity contribution is 0.0551. The number of nitrogens with zero attached hydrogens (tertiary/aromatic N) is 2. The Balaban J connectivity index is 1.85. The number of nitrogens with one attached hydrogen (secondary N) is 1. The molecule has 1 fully saturated rings. The molecule has 1 heterocycles. The summed E-state index contributed by atoms with van der Waals surface area (Å²) >= 11 is 4.81. The van der Waals surface area contributed by atoms with Crippen molar-refractivity contribution in [3.8, 4) is 11.4 Å². The van der Waals surface area contributed by atoms with Crippen LogP contribution in [-0.4, -0.2) is 22.8 Å². The summed E-state index contributed by atoms with van der Waals surface area (Å²) in [7, 11) is -3.09. The van der Waals surface area contributed by atoms with Gasteiger partial charge in [-0.2, -0.15) is 13.8 Å². The van der Waals surface area contributed by atoms with Crippen molar-refractivity contribution in [2.24, 2.45) is 0 Å². The lowest BCUT2D eigenvalue weighted by Gasteiger charge is -2.20. The summed E-state index contributed by atoms with van der Waals surface area (Å²) in [5.41, 5.74) is 0.123. The first-order valence-corrected chi connectivity index (χ1v) is 10.3. The normalized spacial score (nSPS) is 18.4. The summed E-state index contributed by atoms with van der Waals surface area (Å²) in [6.07, 6.45) is 3.94. The number of benzene rings is 1. The number of hydrogen-bond donors (Lipinski definition) is 1. The van der Waals surface area contributed by atoms with E-state index in [-0.39, 0.29) is 22.7 Å². The number of rotatable bonds is 5. The second kappa shape index (κ2) is 6.74. The predicted molar refractivity (Wildman–Crippen MR) is 88.0 cm³/mol. The Morgan fingerprint density at radius 2 is 2.04 bits per heavy atom. The van der Waals surface area contributed by atoms with Gasteiger partial charge in [-0.25, -0.2) is 4.39 Å². The zero-order valence-corrected chi connectivity index (χ0v) is 15.0. The van der Waals surface area contributed by atoms with Crippen molar-refractivity contribution in [1.29, 1.82) is 0 Å². The maximum absolute atomic E-state index is 14.5. The summed E-state index contributed by atoms with van der Waals surface area (Å²) in [6, 6.07) is 3.91. The fraction of sp³-hybridized carbons (Fsp3) is 0.467. The van der Waals surface area contributed by atoms with Gasteiger partial charge in [0.15, 0.2) is 7.29 Å². The summed E-state index contributed by atoms with van der Waals surface area (Å²) in [6.45, 7) is 1.48. The van der Waals surface area contributed by atoms with Gasteiger partial charge in [-0.1, -0.05) is 24.1 Å². The average Bonchev–Trinajstić information content (AvgIpc) is 3.16. The van der Waals surface area contributed by atoms with Crippen LogP contribution in [-0.2, 0) is 9.95 Å². The van der Waals surface area contributed by atoms with Crippen LogP contribution >= 0.6 is 18.9 Å². The van der Waals surface area contributed by atoms with Gasteiger partial charge in [0.2, 0.25) is 5.82 Å². The number of halogens is 4. The van der Waals surface area contributed by atoms with Crippen LogP contribution in [0.15, 0.2) is 22.7 Å². The molecule has 0 saturated heterocycles. The highest BCUT2D eigenvalue weighted by molar-refractivity contribution is 7.69. The monoisotopic (exact) mass is 393 g/mol. The van der Waals surface area contributed by atoms with Crippen LogP contribution in [0.2, 0.25) is 0 Å². The van der Waals surface area contributed by atoms with E-state index in [0.717, 1.165) is 31.7 Å². The number of alkyl halides is 3. The Hall–Kier alpha value is -1.37. The minimum atomic E-state index is -3.80. The van der Waals surface area contributed by atoms with Crippen LogP contribution in [0.5, 0.6) is 0 Å². The van der Waals surface area contributed by atoms with Crippen LogP contribution < -0.4 is 10.4 Å². The van der Waals surface area contributed by atoms with Crippen LogP contribution in [0.1, 0.15) is 31.6 Å². The molecular weight excluding hydrogens is 378 g/mol. The molecule has 1 saturated carbocycles. The van der Waals surface area contributed by atoms with Gasteiger partial charge in [-0.15, -0.1) is 0 Å².